The van der Waals surface area contributed by atoms with Crippen molar-refractivity contribution >= 4 is 37.8 Å². The van der Waals surface area contributed by atoms with E-state index in [1.165, 1.54) is 0 Å². The van der Waals surface area contributed by atoms with Crippen LogP contribution in [0.1, 0.15) is 5.56 Å². The van der Waals surface area contributed by atoms with Gasteiger partial charge in [0.2, 0.25) is 0 Å². The summed E-state index contributed by atoms with van der Waals surface area (Å²) in [5.74, 6) is 0.474. The fraction of sp³-hybridized carbons (Fsp3) is 0.250. The third kappa shape index (κ3) is 5.37. The Morgan fingerprint density at radius 1 is 1.53 bits per heavy atom. The molecule has 92 valence electrons. The van der Waals surface area contributed by atoms with E-state index in [-0.39, 0.29) is 12.5 Å². The molecule has 0 aliphatic heterocycles. The van der Waals surface area contributed by atoms with E-state index in [0.717, 1.165) is 14.5 Å². The minimum atomic E-state index is -0.182. The largest absolute Gasteiger partial charge is 0.483 e. The highest BCUT2D eigenvalue weighted by atomic mass is 79.9. The Kier molecular flexibility index (Phi) is 5.71. The molecule has 1 aromatic carbocycles. The van der Waals surface area contributed by atoms with Crippen molar-refractivity contribution in [3.63, 3.8) is 0 Å². The number of carbonyl (C=O) groups excluding carboxylic acids is 1. The summed E-state index contributed by atoms with van der Waals surface area (Å²) in [6.45, 7) is 6.00. The molecule has 17 heavy (non-hydrogen) atoms. The van der Waals surface area contributed by atoms with E-state index in [1.807, 2.05) is 25.1 Å². The number of rotatable bonds is 5. The second-order valence-corrected chi connectivity index (χ2v) is 5.49. The van der Waals surface area contributed by atoms with Crippen molar-refractivity contribution < 1.29 is 9.53 Å². The predicted molar refractivity (Wildman–Crippen MR) is 75.5 cm³/mol. The van der Waals surface area contributed by atoms with Crippen molar-refractivity contribution in [2.75, 3.05) is 13.2 Å². The van der Waals surface area contributed by atoms with Crippen LogP contribution in [0.4, 0.5) is 0 Å². The van der Waals surface area contributed by atoms with Gasteiger partial charge in [-0.2, -0.15) is 0 Å². The van der Waals surface area contributed by atoms with E-state index in [4.69, 9.17) is 4.74 Å². The van der Waals surface area contributed by atoms with Gasteiger partial charge in [0.1, 0.15) is 5.75 Å². The van der Waals surface area contributed by atoms with Crippen LogP contribution in [0.25, 0.3) is 0 Å². The first-order valence-corrected chi connectivity index (χ1v) is 6.56. The first kappa shape index (κ1) is 14.3. The molecule has 0 unspecified atom stereocenters. The van der Waals surface area contributed by atoms with Crippen LogP contribution in [0.2, 0.25) is 0 Å². The number of hydrogen-bond donors (Lipinski definition) is 1. The topological polar surface area (TPSA) is 38.3 Å². The molecule has 0 fully saturated rings. The average Bonchev–Trinajstić information content (AvgIpc) is 2.25. The fourth-order valence-corrected chi connectivity index (χ4v) is 1.86. The van der Waals surface area contributed by atoms with Crippen LogP contribution < -0.4 is 10.1 Å². The molecule has 0 spiro atoms. The zero-order valence-corrected chi connectivity index (χ0v) is 12.6. The molecule has 0 bridgehead atoms. The Bertz CT molecular complexity index is 433. The second-order valence-electron chi connectivity index (χ2n) is 3.52. The smallest absolute Gasteiger partial charge is 0.258 e. The van der Waals surface area contributed by atoms with Gasteiger partial charge in [0.25, 0.3) is 5.91 Å². The van der Waals surface area contributed by atoms with E-state index >= 15 is 0 Å². The Morgan fingerprint density at radius 3 is 2.82 bits per heavy atom. The summed E-state index contributed by atoms with van der Waals surface area (Å²) in [6.07, 6.45) is 0. The quantitative estimate of drug-likeness (QED) is 0.873. The number of ether oxygens (including phenoxy) is 1. The summed E-state index contributed by atoms with van der Waals surface area (Å²) in [7, 11) is 0. The van der Waals surface area contributed by atoms with Crippen molar-refractivity contribution in [2.24, 2.45) is 0 Å². The molecule has 1 N–H and O–H groups in total. The molecule has 0 radical (unpaired) electrons. The molecule has 0 atom stereocenters. The first-order chi connectivity index (χ1) is 7.99. The number of aryl methyl sites for hydroxylation is 1. The Morgan fingerprint density at radius 2 is 2.24 bits per heavy atom. The molecule has 5 heteroatoms. The zero-order valence-electron chi connectivity index (χ0n) is 9.43. The van der Waals surface area contributed by atoms with Crippen LogP contribution in [-0.2, 0) is 4.79 Å². The average molecular weight is 363 g/mol. The Labute approximate surface area is 117 Å². The van der Waals surface area contributed by atoms with Gasteiger partial charge in [-0.25, -0.2) is 0 Å². The van der Waals surface area contributed by atoms with Gasteiger partial charge < -0.3 is 10.1 Å². The van der Waals surface area contributed by atoms with Gasteiger partial charge >= 0.3 is 0 Å². The lowest BCUT2D eigenvalue weighted by atomic mass is 10.2. The number of nitrogens with one attached hydrogen (secondary N) is 1. The van der Waals surface area contributed by atoms with Crippen molar-refractivity contribution in [1.29, 1.82) is 0 Å². The Balaban J connectivity index is 2.44. The molecule has 1 aromatic rings. The van der Waals surface area contributed by atoms with Crippen molar-refractivity contribution in [3.8, 4) is 5.75 Å². The molecule has 1 amide bonds. The van der Waals surface area contributed by atoms with Gasteiger partial charge in [-0.15, -0.1) is 0 Å². The Hall–Kier alpha value is -0.810. The number of carbonyl (C=O) groups is 1. The molecule has 0 saturated heterocycles. The fourth-order valence-electron chi connectivity index (χ4n) is 1.11. The summed E-state index contributed by atoms with van der Waals surface area (Å²) in [4.78, 5) is 11.4. The van der Waals surface area contributed by atoms with Crippen LogP contribution >= 0.6 is 31.9 Å². The predicted octanol–water partition coefficient (Wildman–Crippen LogP) is 3.16. The number of benzene rings is 1. The van der Waals surface area contributed by atoms with Gasteiger partial charge in [0.15, 0.2) is 6.61 Å². The maximum atomic E-state index is 11.4. The van der Waals surface area contributed by atoms with Gasteiger partial charge in [-0.05, 0) is 40.5 Å². The van der Waals surface area contributed by atoms with E-state index in [1.54, 1.807) is 0 Å². The lowest BCUT2D eigenvalue weighted by molar-refractivity contribution is -0.122. The molecular weight excluding hydrogens is 350 g/mol. The van der Waals surface area contributed by atoms with Crippen LogP contribution in [0.3, 0.4) is 0 Å². The van der Waals surface area contributed by atoms with E-state index in [2.05, 4.69) is 43.8 Å². The van der Waals surface area contributed by atoms with E-state index < -0.39 is 0 Å². The molecule has 0 aromatic heterocycles. The number of amides is 1. The minimum Gasteiger partial charge on any atom is -0.483 e. The third-order valence-corrected chi connectivity index (χ3v) is 2.82. The normalized spacial score (nSPS) is 9.82. The molecule has 0 heterocycles. The van der Waals surface area contributed by atoms with E-state index in [0.29, 0.717) is 12.3 Å². The van der Waals surface area contributed by atoms with Crippen molar-refractivity contribution in [3.05, 3.63) is 39.3 Å². The summed E-state index contributed by atoms with van der Waals surface area (Å²) in [5.41, 5.74) is 1.13. The number of halogens is 2. The molecule has 1 rings (SSSR count). The van der Waals surface area contributed by atoms with Gasteiger partial charge in [0.05, 0.1) is 4.47 Å². The van der Waals surface area contributed by atoms with Gasteiger partial charge in [-0.3, -0.25) is 4.79 Å². The molecule has 0 aliphatic rings. The van der Waals surface area contributed by atoms with Crippen LogP contribution in [0.5, 0.6) is 5.75 Å². The SMILES string of the molecule is C=C(Br)CNC(=O)COc1ccc(C)cc1Br. The zero-order chi connectivity index (χ0) is 12.8. The molecule has 0 saturated carbocycles. The summed E-state index contributed by atoms with van der Waals surface area (Å²) < 4.78 is 6.95. The van der Waals surface area contributed by atoms with Crippen LogP contribution in [-0.4, -0.2) is 19.1 Å². The van der Waals surface area contributed by atoms with Crippen molar-refractivity contribution in [2.45, 2.75) is 6.92 Å². The first-order valence-electron chi connectivity index (χ1n) is 4.98. The van der Waals surface area contributed by atoms with E-state index in [9.17, 15) is 4.79 Å². The third-order valence-electron chi connectivity index (χ3n) is 1.92. The van der Waals surface area contributed by atoms with Crippen LogP contribution in [0, 0.1) is 6.92 Å². The maximum absolute atomic E-state index is 11.4. The molecule has 3 nitrogen and oxygen atoms in total. The minimum absolute atomic E-state index is 0.0120. The summed E-state index contributed by atoms with van der Waals surface area (Å²) in [6, 6.07) is 5.70. The lowest BCUT2D eigenvalue weighted by Gasteiger charge is -2.09. The van der Waals surface area contributed by atoms with Crippen molar-refractivity contribution in [1.82, 2.24) is 5.32 Å². The summed E-state index contributed by atoms with van der Waals surface area (Å²) >= 11 is 6.54. The monoisotopic (exact) mass is 361 g/mol. The maximum Gasteiger partial charge on any atom is 0.258 e. The van der Waals surface area contributed by atoms with Crippen LogP contribution in [0.15, 0.2) is 33.7 Å². The number of hydrogen-bond acceptors (Lipinski definition) is 2. The van der Waals surface area contributed by atoms with Gasteiger partial charge in [-0.1, -0.05) is 28.6 Å². The molecular formula is C12H13Br2NO2. The summed E-state index contributed by atoms with van der Waals surface area (Å²) in [5, 5.41) is 2.66. The standard InChI is InChI=1S/C12H13Br2NO2/c1-8-3-4-11(10(14)5-8)17-7-12(16)15-6-9(2)13/h3-5H,2,6-7H2,1H3,(H,15,16). The lowest BCUT2D eigenvalue weighted by Crippen LogP contribution is -2.29. The van der Waals surface area contributed by atoms with Gasteiger partial charge in [0, 0.05) is 11.0 Å². The highest BCUT2D eigenvalue weighted by molar-refractivity contribution is 9.11. The highest BCUT2D eigenvalue weighted by Gasteiger charge is 2.05. The highest BCUT2D eigenvalue weighted by Crippen LogP contribution is 2.25. The molecule has 0 aliphatic carbocycles. The second kappa shape index (κ2) is 6.81.